The van der Waals surface area contributed by atoms with E-state index < -0.39 is 10.5 Å². The van der Waals surface area contributed by atoms with Crippen molar-refractivity contribution in [3.8, 4) is 17.6 Å². The maximum absolute atomic E-state index is 11.0. The maximum Gasteiger partial charge on any atom is 0.406 e. The van der Waals surface area contributed by atoms with Crippen LogP contribution in [0, 0.1) is 22.0 Å². The molecule has 1 unspecified atom stereocenters. The number of hydrogen-bond donors (Lipinski definition) is 0. The van der Waals surface area contributed by atoms with Crippen LogP contribution < -0.4 is 4.74 Å². The number of nitro groups is 1. The van der Waals surface area contributed by atoms with Crippen molar-refractivity contribution in [1.29, 1.82) is 0 Å². The van der Waals surface area contributed by atoms with Crippen molar-refractivity contribution in [2.75, 3.05) is 6.61 Å². The van der Waals surface area contributed by atoms with E-state index in [0.29, 0.717) is 0 Å². The molecule has 1 saturated heterocycles. The first kappa shape index (κ1) is 20.8. The zero-order valence-electron chi connectivity index (χ0n) is 16.6. The molecule has 1 atom stereocenters. The van der Waals surface area contributed by atoms with E-state index in [1.54, 1.807) is 6.07 Å². The number of hydrogen-bond acceptors (Lipinski definition) is 6. The van der Waals surface area contributed by atoms with Crippen molar-refractivity contribution >= 4 is 5.82 Å². The molecule has 1 fully saturated rings. The van der Waals surface area contributed by atoms with E-state index in [-0.39, 0.29) is 24.5 Å². The smallest absolute Gasteiger partial charge is 0.406 e. The van der Waals surface area contributed by atoms with Gasteiger partial charge in [-0.3, -0.25) is 0 Å². The largest absolute Gasteiger partial charge is 0.481 e. The summed E-state index contributed by atoms with van der Waals surface area (Å²) in [5.74, 6) is 6.13. The second-order valence-electron chi connectivity index (χ2n) is 7.25. The Labute approximate surface area is 170 Å². The molecule has 7 heteroatoms. The van der Waals surface area contributed by atoms with Gasteiger partial charge in [0.25, 0.3) is 0 Å². The van der Waals surface area contributed by atoms with Crippen molar-refractivity contribution in [2.45, 2.75) is 51.6 Å². The number of rotatable bonds is 6. The molecule has 3 rings (SSSR count). The zero-order valence-corrected chi connectivity index (χ0v) is 16.6. The molecular formula is C22H24N2O5. The Kier molecular flexibility index (Phi) is 6.81. The van der Waals surface area contributed by atoms with Crippen LogP contribution in [0.25, 0.3) is 0 Å². The first-order valence-corrected chi connectivity index (χ1v) is 9.57. The minimum absolute atomic E-state index is 0.135. The van der Waals surface area contributed by atoms with Crippen LogP contribution >= 0.6 is 0 Å². The van der Waals surface area contributed by atoms with Gasteiger partial charge in [0.2, 0.25) is 5.75 Å². The average Bonchev–Trinajstić information content (AvgIpc) is 2.72. The molecule has 1 aromatic heterocycles. The van der Waals surface area contributed by atoms with E-state index in [1.165, 1.54) is 12.3 Å². The fourth-order valence-corrected chi connectivity index (χ4v) is 2.92. The Morgan fingerprint density at radius 2 is 2.17 bits per heavy atom. The molecule has 1 aromatic carbocycles. The fourth-order valence-electron chi connectivity index (χ4n) is 2.92. The fraction of sp³-hybridized carbons (Fsp3) is 0.409. The summed E-state index contributed by atoms with van der Waals surface area (Å²) in [5, 5.41) is 11.0. The van der Waals surface area contributed by atoms with Gasteiger partial charge in [-0.15, -0.1) is 0 Å². The Balaban J connectivity index is 1.64. The standard InChI is InChI=1S/C22H24N2O5/c1-22(2,29-20-10-3-4-14-27-20)12-11-17-7-5-8-18(15-17)16-28-19-9-6-13-23-21(19)24(25)26/h5-9,13,15,20H,3-4,10,14,16H2,1-2H3. The molecular weight excluding hydrogens is 372 g/mol. The van der Waals surface area contributed by atoms with Crippen LogP contribution in [0.1, 0.15) is 44.2 Å². The minimum Gasteiger partial charge on any atom is -0.481 e. The van der Waals surface area contributed by atoms with Gasteiger partial charge in [0, 0.05) is 12.2 Å². The molecule has 2 aromatic rings. The minimum atomic E-state index is -0.634. The third kappa shape index (κ3) is 6.28. The van der Waals surface area contributed by atoms with E-state index in [9.17, 15) is 10.1 Å². The maximum atomic E-state index is 11.0. The van der Waals surface area contributed by atoms with Gasteiger partial charge in [-0.25, -0.2) is 0 Å². The van der Waals surface area contributed by atoms with E-state index in [1.807, 2.05) is 38.1 Å². The highest BCUT2D eigenvalue weighted by atomic mass is 16.7. The summed E-state index contributed by atoms with van der Waals surface area (Å²) in [6.07, 6.45) is 4.22. The second kappa shape index (κ2) is 9.50. The highest BCUT2D eigenvalue weighted by molar-refractivity contribution is 5.40. The van der Waals surface area contributed by atoms with E-state index in [2.05, 4.69) is 16.8 Å². The van der Waals surface area contributed by atoms with Crippen molar-refractivity contribution in [3.05, 3.63) is 63.8 Å². The van der Waals surface area contributed by atoms with Crippen molar-refractivity contribution in [2.24, 2.45) is 0 Å². The summed E-state index contributed by atoms with van der Waals surface area (Å²) in [4.78, 5) is 14.2. The topological polar surface area (TPSA) is 83.7 Å². The summed E-state index contributed by atoms with van der Waals surface area (Å²) in [5.41, 5.74) is 1.03. The number of ether oxygens (including phenoxy) is 3. The lowest BCUT2D eigenvalue weighted by Crippen LogP contribution is -2.33. The van der Waals surface area contributed by atoms with Gasteiger partial charge in [0.05, 0.1) is 0 Å². The van der Waals surface area contributed by atoms with E-state index >= 15 is 0 Å². The molecule has 2 heterocycles. The lowest BCUT2D eigenvalue weighted by atomic mass is 10.1. The molecule has 0 amide bonds. The van der Waals surface area contributed by atoms with Crippen LogP contribution in [0.3, 0.4) is 0 Å². The van der Waals surface area contributed by atoms with Crippen LogP contribution in [0.5, 0.6) is 5.75 Å². The molecule has 0 spiro atoms. The van der Waals surface area contributed by atoms with Crippen molar-refractivity contribution in [1.82, 2.24) is 4.98 Å². The number of aromatic nitrogens is 1. The average molecular weight is 396 g/mol. The molecule has 0 bridgehead atoms. The summed E-state index contributed by atoms with van der Waals surface area (Å²) >= 11 is 0. The first-order valence-electron chi connectivity index (χ1n) is 9.57. The predicted octanol–water partition coefficient (Wildman–Crippen LogP) is 4.24. The van der Waals surface area contributed by atoms with E-state index in [4.69, 9.17) is 14.2 Å². The third-order valence-electron chi connectivity index (χ3n) is 4.32. The monoisotopic (exact) mass is 396 g/mol. The van der Waals surface area contributed by atoms with Gasteiger partial charge in [-0.2, -0.15) is 0 Å². The van der Waals surface area contributed by atoms with Gasteiger partial charge in [0.15, 0.2) is 6.29 Å². The number of nitrogens with zero attached hydrogens (tertiary/aromatic N) is 2. The van der Waals surface area contributed by atoms with Crippen molar-refractivity contribution < 1.29 is 19.1 Å². The molecule has 1 aliphatic rings. The molecule has 0 aliphatic carbocycles. The van der Waals surface area contributed by atoms with Crippen LogP contribution in [-0.2, 0) is 16.1 Å². The Morgan fingerprint density at radius 3 is 2.93 bits per heavy atom. The molecule has 0 radical (unpaired) electrons. The molecule has 29 heavy (non-hydrogen) atoms. The van der Waals surface area contributed by atoms with Crippen molar-refractivity contribution in [3.63, 3.8) is 0 Å². The van der Waals surface area contributed by atoms with E-state index in [0.717, 1.165) is 37.0 Å². The first-order chi connectivity index (χ1) is 13.9. The quantitative estimate of drug-likeness (QED) is 0.412. The summed E-state index contributed by atoms with van der Waals surface area (Å²) in [6.45, 7) is 4.75. The summed E-state index contributed by atoms with van der Waals surface area (Å²) in [6, 6.07) is 10.7. The van der Waals surface area contributed by atoms with Gasteiger partial charge in [-0.1, -0.05) is 24.0 Å². The van der Waals surface area contributed by atoms with Crippen LogP contribution in [0.4, 0.5) is 5.82 Å². The van der Waals surface area contributed by atoms with Gasteiger partial charge in [0.1, 0.15) is 18.4 Å². The number of benzene rings is 1. The molecule has 7 nitrogen and oxygen atoms in total. The molecule has 152 valence electrons. The predicted molar refractivity (Wildman–Crippen MR) is 107 cm³/mol. The second-order valence-corrected chi connectivity index (χ2v) is 7.25. The lowest BCUT2D eigenvalue weighted by Gasteiger charge is -2.29. The van der Waals surface area contributed by atoms with Gasteiger partial charge >= 0.3 is 5.82 Å². The number of pyridine rings is 1. The SMILES string of the molecule is CC(C)(C#Cc1cccc(COc2cccnc2[N+](=O)[O-])c1)OC1CCCCO1. The molecule has 0 N–H and O–H groups in total. The van der Waals surface area contributed by atoms with Gasteiger partial charge < -0.3 is 24.3 Å². The molecule has 1 aliphatic heterocycles. The highest BCUT2D eigenvalue weighted by Crippen LogP contribution is 2.24. The highest BCUT2D eigenvalue weighted by Gasteiger charge is 2.23. The van der Waals surface area contributed by atoms with Gasteiger partial charge in [-0.05, 0) is 72.8 Å². The third-order valence-corrected chi connectivity index (χ3v) is 4.32. The van der Waals surface area contributed by atoms with Crippen LogP contribution in [0.15, 0.2) is 42.6 Å². The Hall–Kier alpha value is -2.95. The van der Waals surface area contributed by atoms with Crippen LogP contribution in [-0.4, -0.2) is 28.4 Å². The summed E-state index contributed by atoms with van der Waals surface area (Å²) in [7, 11) is 0. The normalized spacial score (nSPS) is 16.6. The van der Waals surface area contributed by atoms with Crippen LogP contribution in [0.2, 0.25) is 0 Å². The lowest BCUT2D eigenvalue weighted by molar-refractivity contribution is -0.390. The summed E-state index contributed by atoms with van der Waals surface area (Å²) < 4.78 is 17.2. The Bertz CT molecular complexity index is 911. The Morgan fingerprint density at radius 1 is 1.31 bits per heavy atom. The molecule has 0 saturated carbocycles. The zero-order chi connectivity index (χ0) is 20.7.